The third-order valence-electron chi connectivity index (χ3n) is 1.39. The third kappa shape index (κ3) is 1.94. The summed E-state index contributed by atoms with van der Waals surface area (Å²) in [5, 5.41) is 17.5. The molecule has 0 amide bonds. The number of hydroxylamine groups is 1. The van der Waals surface area contributed by atoms with E-state index in [1.807, 2.05) is 5.48 Å². The van der Waals surface area contributed by atoms with E-state index < -0.39 is 5.82 Å². The highest BCUT2D eigenvalue weighted by Crippen LogP contribution is 2.24. The predicted molar refractivity (Wildman–Crippen MR) is 44.4 cm³/mol. The molecule has 0 aromatic heterocycles. The van der Waals surface area contributed by atoms with Gasteiger partial charge in [0.2, 0.25) is 0 Å². The number of aromatic hydroxyl groups is 1. The van der Waals surface area contributed by atoms with Crippen LogP contribution in [-0.4, -0.2) is 10.3 Å². The van der Waals surface area contributed by atoms with Crippen molar-refractivity contribution in [2.75, 3.05) is 0 Å². The van der Waals surface area contributed by atoms with Gasteiger partial charge in [-0.2, -0.15) is 0 Å². The van der Waals surface area contributed by atoms with Gasteiger partial charge in [0, 0.05) is 18.2 Å². The van der Waals surface area contributed by atoms with Crippen molar-refractivity contribution in [3.8, 4) is 5.75 Å². The number of rotatable bonds is 2. The lowest BCUT2D eigenvalue weighted by atomic mass is 10.2. The van der Waals surface area contributed by atoms with E-state index in [9.17, 15) is 4.39 Å². The Balaban J connectivity index is 3.05. The van der Waals surface area contributed by atoms with Crippen molar-refractivity contribution in [3.63, 3.8) is 0 Å². The number of hydrogen-bond donors (Lipinski definition) is 3. The van der Waals surface area contributed by atoms with E-state index in [-0.39, 0.29) is 16.8 Å². The Kier molecular flexibility index (Phi) is 3.02. The van der Waals surface area contributed by atoms with Gasteiger partial charge in [0.05, 0.1) is 4.47 Å². The molecule has 0 radical (unpaired) electrons. The number of nitrogens with one attached hydrogen (secondary N) is 1. The smallest absolute Gasteiger partial charge is 0.141 e. The van der Waals surface area contributed by atoms with Gasteiger partial charge < -0.3 is 10.3 Å². The van der Waals surface area contributed by atoms with Crippen molar-refractivity contribution >= 4 is 15.9 Å². The average molecular weight is 236 g/mol. The molecule has 66 valence electrons. The van der Waals surface area contributed by atoms with Gasteiger partial charge in [-0.3, -0.25) is 0 Å². The summed E-state index contributed by atoms with van der Waals surface area (Å²) in [5.41, 5.74) is 2.29. The third-order valence-corrected chi connectivity index (χ3v) is 2.00. The van der Waals surface area contributed by atoms with E-state index in [0.29, 0.717) is 5.56 Å². The van der Waals surface area contributed by atoms with Crippen LogP contribution < -0.4 is 5.48 Å². The van der Waals surface area contributed by atoms with Gasteiger partial charge in [-0.25, -0.2) is 9.87 Å². The highest BCUT2D eigenvalue weighted by Gasteiger charge is 2.06. The Morgan fingerprint density at radius 1 is 1.50 bits per heavy atom. The van der Waals surface area contributed by atoms with Gasteiger partial charge >= 0.3 is 0 Å². The number of phenolic OH excluding ortho intramolecular Hbond substituents is 1. The molecule has 1 aromatic rings. The molecule has 5 heteroatoms. The molecular weight excluding hydrogens is 229 g/mol. The SMILES string of the molecule is ONCc1cc(Br)c(F)cc1O. The largest absolute Gasteiger partial charge is 0.508 e. The number of phenols is 1. The van der Waals surface area contributed by atoms with E-state index in [1.54, 1.807) is 0 Å². The summed E-state index contributed by atoms with van der Waals surface area (Å²) in [4.78, 5) is 0. The first-order chi connectivity index (χ1) is 5.65. The van der Waals surface area contributed by atoms with Crippen LogP contribution in [0, 0.1) is 5.82 Å². The Labute approximate surface area is 76.9 Å². The zero-order valence-corrected chi connectivity index (χ0v) is 7.60. The minimum absolute atomic E-state index is 0.0741. The minimum atomic E-state index is -0.533. The first-order valence-electron chi connectivity index (χ1n) is 3.19. The Morgan fingerprint density at radius 2 is 2.17 bits per heavy atom. The van der Waals surface area contributed by atoms with Crippen LogP contribution in [0.25, 0.3) is 0 Å². The molecule has 12 heavy (non-hydrogen) atoms. The molecule has 0 aliphatic carbocycles. The van der Waals surface area contributed by atoms with Crippen LogP contribution in [0.5, 0.6) is 5.75 Å². The minimum Gasteiger partial charge on any atom is -0.508 e. The number of halogens is 2. The first kappa shape index (κ1) is 9.44. The van der Waals surface area contributed by atoms with E-state index in [2.05, 4.69) is 15.9 Å². The van der Waals surface area contributed by atoms with Gasteiger partial charge in [0.25, 0.3) is 0 Å². The fourth-order valence-corrected chi connectivity index (χ4v) is 1.20. The summed E-state index contributed by atoms with van der Waals surface area (Å²) in [6.45, 7) is 0.0741. The summed E-state index contributed by atoms with van der Waals surface area (Å²) < 4.78 is 13.0. The summed E-state index contributed by atoms with van der Waals surface area (Å²) in [7, 11) is 0. The molecule has 3 N–H and O–H groups in total. The van der Waals surface area contributed by atoms with Crippen molar-refractivity contribution in [1.29, 1.82) is 0 Å². The molecular formula is C7H7BrFNO2. The lowest BCUT2D eigenvalue weighted by Crippen LogP contribution is -2.06. The molecule has 0 fully saturated rings. The maximum Gasteiger partial charge on any atom is 0.141 e. The Bertz CT molecular complexity index is 293. The number of benzene rings is 1. The zero-order chi connectivity index (χ0) is 9.14. The standard InChI is InChI=1S/C7H7BrFNO2/c8-5-1-4(3-10-12)7(11)2-6(5)9/h1-2,10-12H,3H2. The lowest BCUT2D eigenvalue weighted by Gasteiger charge is -2.04. The molecule has 0 bridgehead atoms. The highest BCUT2D eigenvalue weighted by atomic mass is 79.9. The summed E-state index contributed by atoms with van der Waals surface area (Å²) in [5.74, 6) is -0.716. The van der Waals surface area contributed by atoms with Gasteiger partial charge in [0.1, 0.15) is 11.6 Å². The molecule has 0 aliphatic rings. The monoisotopic (exact) mass is 235 g/mol. The van der Waals surface area contributed by atoms with Crippen LogP contribution in [0.1, 0.15) is 5.56 Å². The second kappa shape index (κ2) is 3.84. The van der Waals surface area contributed by atoms with Gasteiger partial charge in [0.15, 0.2) is 0 Å². The van der Waals surface area contributed by atoms with E-state index >= 15 is 0 Å². The molecule has 0 atom stereocenters. The molecule has 0 aliphatic heterocycles. The van der Waals surface area contributed by atoms with Crippen molar-refractivity contribution in [3.05, 3.63) is 28.0 Å². The van der Waals surface area contributed by atoms with Crippen LogP contribution in [-0.2, 0) is 6.54 Å². The fraction of sp³-hybridized carbons (Fsp3) is 0.143. The van der Waals surface area contributed by atoms with E-state index in [0.717, 1.165) is 6.07 Å². The fourth-order valence-electron chi connectivity index (χ4n) is 0.804. The van der Waals surface area contributed by atoms with Crippen LogP contribution >= 0.6 is 15.9 Å². The second-order valence-electron chi connectivity index (χ2n) is 2.23. The Morgan fingerprint density at radius 3 is 2.75 bits per heavy atom. The van der Waals surface area contributed by atoms with Crippen molar-refractivity contribution in [2.45, 2.75) is 6.54 Å². The summed E-state index contributed by atoms with van der Waals surface area (Å²) in [6, 6.07) is 2.38. The van der Waals surface area contributed by atoms with Crippen LogP contribution in [0.3, 0.4) is 0 Å². The molecule has 0 unspecified atom stereocenters. The predicted octanol–water partition coefficient (Wildman–Crippen LogP) is 1.77. The van der Waals surface area contributed by atoms with Crippen LogP contribution in [0.2, 0.25) is 0 Å². The molecule has 0 spiro atoms. The maximum absolute atomic E-state index is 12.7. The first-order valence-corrected chi connectivity index (χ1v) is 3.98. The van der Waals surface area contributed by atoms with Crippen molar-refractivity contribution in [1.82, 2.24) is 5.48 Å². The molecule has 0 saturated heterocycles. The molecule has 3 nitrogen and oxygen atoms in total. The number of hydrogen-bond acceptors (Lipinski definition) is 3. The molecule has 0 heterocycles. The molecule has 0 saturated carbocycles. The zero-order valence-electron chi connectivity index (χ0n) is 6.01. The van der Waals surface area contributed by atoms with Crippen LogP contribution in [0.15, 0.2) is 16.6 Å². The molecule has 1 rings (SSSR count). The van der Waals surface area contributed by atoms with Crippen molar-refractivity contribution in [2.24, 2.45) is 0 Å². The summed E-state index contributed by atoms with van der Waals surface area (Å²) >= 11 is 2.95. The summed E-state index contributed by atoms with van der Waals surface area (Å²) in [6.07, 6.45) is 0. The lowest BCUT2D eigenvalue weighted by molar-refractivity contribution is 0.160. The molecule has 1 aromatic carbocycles. The maximum atomic E-state index is 12.7. The van der Waals surface area contributed by atoms with Crippen molar-refractivity contribution < 1.29 is 14.7 Å². The average Bonchev–Trinajstić information content (AvgIpc) is 2.01. The normalized spacial score (nSPS) is 10.2. The van der Waals surface area contributed by atoms with Gasteiger partial charge in [-0.15, -0.1) is 0 Å². The quantitative estimate of drug-likeness (QED) is 0.686. The Hall–Kier alpha value is -0.650. The van der Waals surface area contributed by atoms with E-state index in [4.69, 9.17) is 10.3 Å². The van der Waals surface area contributed by atoms with Crippen LogP contribution in [0.4, 0.5) is 4.39 Å². The van der Waals surface area contributed by atoms with E-state index in [1.165, 1.54) is 6.07 Å². The highest BCUT2D eigenvalue weighted by molar-refractivity contribution is 9.10. The topological polar surface area (TPSA) is 52.5 Å². The van der Waals surface area contributed by atoms with Gasteiger partial charge in [-0.05, 0) is 22.0 Å². The van der Waals surface area contributed by atoms with Gasteiger partial charge in [-0.1, -0.05) is 0 Å². The second-order valence-corrected chi connectivity index (χ2v) is 3.08.